The van der Waals surface area contributed by atoms with Gasteiger partial charge in [0, 0.05) is 6.08 Å². The second-order valence-electron chi connectivity index (χ2n) is 3.79. The minimum Gasteiger partial charge on any atom is -0.449 e. The lowest BCUT2D eigenvalue weighted by Gasteiger charge is -2.05. The number of carbonyl (C=O) groups excluding carboxylic acids is 1. The lowest BCUT2D eigenvalue weighted by molar-refractivity contribution is 0.0269. The quantitative estimate of drug-likeness (QED) is 0.486. The Labute approximate surface area is 127 Å². The summed E-state index contributed by atoms with van der Waals surface area (Å²) < 4.78 is 13.4. The van der Waals surface area contributed by atoms with Crippen molar-refractivity contribution in [2.45, 2.75) is 6.92 Å². The van der Waals surface area contributed by atoms with E-state index in [2.05, 4.69) is 14.2 Å². The van der Waals surface area contributed by atoms with Crippen LogP contribution in [0.25, 0.3) is 6.08 Å². The molecule has 0 fully saturated rings. The average molecular weight is 304 g/mol. The zero-order valence-electron chi connectivity index (χ0n) is 12.0. The number of ether oxygens (including phenoxy) is 3. The summed E-state index contributed by atoms with van der Waals surface area (Å²) in [6.07, 6.45) is 5.26. The Hall–Kier alpha value is -3.02. The molecule has 1 N–H and O–H groups in total. The molecule has 22 heavy (non-hydrogen) atoms. The van der Waals surface area contributed by atoms with Crippen LogP contribution in [0.5, 0.6) is 0 Å². The van der Waals surface area contributed by atoms with Crippen molar-refractivity contribution in [3.63, 3.8) is 0 Å². The molecule has 0 bridgehead atoms. The first kappa shape index (κ1) is 17.0. The van der Waals surface area contributed by atoms with Gasteiger partial charge in [-0.1, -0.05) is 54.6 Å². The van der Waals surface area contributed by atoms with Crippen LogP contribution in [0.1, 0.15) is 12.5 Å². The van der Waals surface area contributed by atoms with E-state index in [4.69, 9.17) is 5.11 Å². The van der Waals surface area contributed by atoms with Crippen LogP contribution in [-0.2, 0) is 14.2 Å². The molecular formula is C16H16O6. The van der Waals surface area contributed by atoms with Gasteiger partial charge in [0.05, 0.1) is 6.61 Å². The number of rotatable bonds is 6. The molecule has 1 aromatic rings. The number of carboxylic acid groups (broad SMARTS) is 1. The van der Waals surface area contributed by atoms with Crippen LogP contribution in [0.3, 0.4) is 0 Å². The van der Waals surface area contributed by atoms with Crippen molar-refractivity contribution < 1.29 is 28.9 Å². The molecule has 0 aliphatic carbocycles. The fourth-order valence-electron chi connectivity index (χ4n) is 1.33. The minimum absolute atomic E-state index is 0.106. The van der Waals surface area contributed by atoms with Crippen molar-refractivity contribution in [1.82, 2.24) is 0 Å². The third-order valence-corrected chi connectivity index (χ3v) is 2.18. The predicted molar refractivity (Wildman–Crippen MR) is 79.9 cm³/mol. The third kappa shape index (κ3) is 7.54. The third-order valence-electron chi connectivity index (χ3n) is 2.18. The monoisotopic (exact) mass is 304 g/mol. The Morgan fingerprint density at radius 2 is 1.82 bits per heavy atom. The molecule has 116 valence electrons. The van der Waals surface area contributed by atoms with Crippen molar-refractivity contribution >= 4 is 18.4 Å². The van der Waals surface area contributed by atoms with Crippen molar-refractivity contribution in [3.05, 3.63) is 66.1 Å². The summed E-state index contributed by atoms with van der Waals surface area (Å²) in [6, 6.07) is 9.61. The molecule has 0 radical (unpaired) electrons. The first-order chi connectivity index (χ1) is 10.6. The molecule has 0 saturated carbocycles. The Morgan fingerprint density at radius 3 is 2.45 bits per heavy atom. The van der Waals surface area contributed by atoms with Gasteiger partial charge in [0.1, 0.15) is 0 Å². The van der Waals surface area contributed by atoms with Crippen LogP contribution in [0.2, 0.25) is 0 Å². The molecule has 0 unspecified atom stereocenters. The van der Waals surface area contributed by atoms with Crippen molar-refractivity contribution in [1.29, 1.82) is 0 Å². The number of hydrogen-bond donors (Lipinski definition) is 1. The molecule has 0 amide bonds. The molecule has 0 aliphatic heterocycles. The van der Waals surface area contributed by atoms with E-state index in [9.17, 15) is 9.59 Å². The molecular weight excluding hydrogens is 288 g/mol. The fourth-order valence-corrected chi connectivity index (χ4v) is 1.33. The SMILES string of the molecule is CCOC(=O)OC(=CC=CC=Cc1ccccc1)OC(=O)O. The second kappa shape index (κ2) is 9.82. The van der Waals surface area contributed by atoms with E-state index in [0.717, 1.165) is 5.56 Å². The molecule has 6 heteroatoms. The maximum atomic E-state index is 11.1. The average Bonchev–Trinajstić information content (AvgIpc) is 2.47. The van der Waals surface area contributed by atoms with Gasteiger partial charge in [-0.25, -0.2) is 9.59 Å². The highest BCUT2D eigenvalue weighted by atomic mass is 16.8. The highest BCUT2D eigenvalue weighted by Gasteiger charge is 2.11. The van der Waals surface area contributed by atoms with Gasteiger partial charge in [-0.3, -0.25) is 0 Å². The predicted octanol–water partition coefficient (Wildman–Crippen LogP) is 3.97. The Bertz CT molecular complexity index is 572. The van der Waals surface area contributed by atoms with Crippen LogP contribution < -0.4 is 0 Å². The summed E-state index contributed by atoms with van der Waals surface area (Å²) in [5.41, 5.74) is 1.01. The highest BCUT2D eigenvalue weighted by Crippen LogP contribution is 2.04. The van der Waals surface area contributed by atoms with Crippen LogP contribution in [0.15, 0.2) is 60.6 Å². The lowest BCUT2D eigenvalue weighted by Crippen LogP contribution is -2.11. The summed E-state index contributed by atoms with van der Waals surface area (Å²) in [7, 11) is 0. The second-order valence-corrected chi connectivity index (χ2v) is 3.79. The van der Waals surface area contributed by atoms with Crippen LogP contribution in [0.4, 0.5) is 9.59 Å². The summed E-state index contributed by atoms with van der Waals surface area (Å²) in [6.45, 7) is 1.70. The summed E-state index contributed by atoms with van der Waals surface area (Å²) >= 11 is 0. The van der Waals surface area contributed by atoms with Crippen molar-refractivity contribution in [2.75, 3.05) is 6.61 Å². The van der Waals surface area contributed by atoms with Gasteiger partial charge in [0.2, 0.25) is 0 Å². The normalized spacial score (nSPS) is 11.6. The van der Waals surface area contributed by atoms with Gasteiger partial charge in [0.25, 0.3) is 0 Å². The van der Waals surface area contributed by atoms with Gasteiger partial charge in [0.15, 0.2) is 0 Å². The Balaban J connectivity index is 2.63. The summed E-state index contributed by atoms with van der Waals surface area (Å²) in [5, 5.41) is 8.54. The van der Waals surface area contributed by atoms with E-state index >= 15 is 0 Å². The first-order valence-corrected chi connectivity index (χ1v) is 6.47. The summed E-state index contributed by atoms with van der Waals surface area (Å²) in [5.74, 6) is -0.490. The van der Waals surface area contributed by atoms with Crippen molar-refractivity contribution in [3.8, 4) is 0 Å². The van der Waals surface area contributed by atoms with Gasteiger partial charge in [-0.05, 0) is 12.5 Å². The first-order valence-electron chi connectivity index (χ1n) is 6.47. The fraction of sp³-hybridized carbons (Fsp3) is 0.125. The zero-order valence-corrected chi connectivity index (χ0v) is 12.0. The molecule has 0 spiro atoms. The number of benzene rings is 1. The maximum absolute atomic E-state index is 11.1. The Morgan fingerprint density at radius 1 is 1.09 bits per heavy atom. The maximum Gasteiger partial charge on any atom is 0.516 e. The molecule has 1 rings (SSSR count). The molecule has 0 saturated heterocycles. The van der Waals surface area contributed by atoms with E-state index in [1.165, 1.54) is 12.2 Å². The topological polar surface area (TPSA) is 82.1 Å². The van der Waals surface area contributed by atoms with E-state index in [-0.39, 0.29) is 6.61 Å². The zero-order chi connectivity index (χ0) is 16.2. The van der Waals surface area contributed by atoms with Gasteiger partial charge < -0.3 is 19.3 Å². The van der Waals surface area contributed by atoms with E-state index in [1.807, 2.05) is 36.4 Å². The van der Waals surface area contributed by atoms with E-state index in [0.29, 0.717) is 0 Å². The van der Waals surface area contributed by atoms with Gasteiger partial charge >= 0.3 is 18.3 Å². The van der Waals surface area contributed by atoms with E-state index in [1.54, 1.807) is 19.1 Å². The van der Waals surface area contributed by atoms with E-state index < -0.39 is 18.3 Å². The molecule has 1 aromatic carbocycles. The molecule has 0 atom stereocenters. The number of carbonyl (C=O) groups is 2. The van der Waals surface area contributed by atoms with Crippen LogP contribution >= 0.6 is 0 Å². The highest BCUT2D eigenvalue weighted by molar-refractivity contribution is 5.63. The lowest BCUT2D eigenvalue weighted by atomic mass is 10.2. The minimum atomic E-state index is -1.59. The van der Waals surface area contributed by atoms with Crippen LogP contribution in [-0.4, -0.2) is 24.0 Å². The Kier molecular flexibility index (Phi) is 7.60. The van der Waals surface area contributed by atoms with Gasteiger partial charge in [-0.2, -0.15) is 0 Å². The molecule has 6 nitrogen and oxygen atoms in total. The largest absolute Gasteiger partial charge is 0.516 e. The molecule has 0 aromatic heterocycles. The standard InChI is InChI=1S/C16H16O6/c1-2-20-16(19)22-14(21-15(17)18)12-8-4-7-11-13-9-5-3-6-10-13/h3-12H,2H2,1H3,(H,17,18). The number of hydrogen-bond acceptors (Lipinski definition) is 5. The molecule has 0 aliphatic rings. The smallest absolute Gasteiger partial charge is 0.449 e. The van der Waals surface area contributed by atoms with Crippen molar-refractivity contribution in [2.24, 2.45) is 0 Å². The molecule has 0 heterocycles. The summed E-state index contributed by atoms with van der Waals surface area (Å²) in [4.78, 5) is 21.6. The van der Waals surface area contributed by atoms with Crippen LogP contribution in [0, 0.1) is 0 Å². The number of allylic oxidation sites excluding steroid dienone is 4. The van der Waals surface area contributed by atoms with Gasteiger partial charge in [-0.15, -0.1) is 0 Å².